The molecule has 0 spiro atoms. The summed E-state index contributed by atoms with van der Waals surface area (Å²) < 4.78 is 9.28. The van der Waals surface area contributed by atoms with Crippen LogP contribution < -0.4 is 0 Å². The fraction of sp³-hybridized carbons (Fsp3) is 1.00. The van der Waals surface area contributed by atoms with Gasteiger partial charge in [0.15, 0.2) is 0 Å². The number of hydrogen-bond acceptors (Lipinski definition) is 4. The van der Waals surface area contributed by atoms with Crippen molar-refractivity contribution in [3.63, 3.8) is 0 Å². The fourth-order valence-electron chi connectivity index (χ4n) is 0.150. The summed E-state index contributed by atoms with van der Waals surface area (Å²) in [6.07, 6.45) is 0. The monoisotopic (exact) mass is 188 g/mol. The molecular weight excluding hydrogens is 179 g/mol. The molecule has 0 aliphatic heterocycles. The molecule has 0 heterocycles. The summed E-state index contributed by atoms with van der Waals surface area (Å²) in [4.78, 5) is 4.53. The van der Waals surface area contributed by atoms with Crippen LogP contribution in [0, 0.1) is 0 Å². The minimum absolute atomic E-state index is 0.447. The van der Waals surface area contributed by atoms with Crippen LogP contribution in [0.3, 0.4) is 0 Å². The third kappa shape index (κ3) is 5.33. The largest absolute Gasteiger partial charge is 0.324 e. The molecule has 0 rings (SSSR count). The lowest BCUT2D eigenvalue weighted by atomic mass is 10.9. The van der Waals surface area contributed by atoms with Gasteiger partial charge in [-0.15, -0.1) is 0 Å². The Morgan fingerprint density at radius 1 is 1.67 bits per heavy atom. The SMILES string of the molecule is CCOOP(=S)(S)OC. The van der Waals surface area contributed by atoms with Gasteiger partial charge in [0.2, 0.25) is 0 Å². The van der Waals surface area contributed by atoms with E-state index in [-0.39, 0.29) is 0 Å². The highest BCUT2D eigenvalue weighted by Gasteiger charge is 2.10. The van der Waals surface area contributed by atoms with Crippen LogP contribution in [-0.2, 0) is 25.9 Å². The van der Waals surface area contributed by atoms with E-state index in [2.05, 4.69) is 26.3 Å². The summed E-state index contributed by atoms with van der Waals surface area (Å²) in [7, 11) is 1.44. The topological polar surface area (TPSA) is 27.7 Å². The summed E-state index contributed by atoms with van der Waals surface area (Å²) in [5, 5.41) is 0. The standard InChI is InChI=1S/C3H9O3PS2/c1-3-5-6-7(8,9)4-2/h3H2,1-2H3,(H,8,9). The molecule has 0 saturated carbocycles. The van der Waals surface area contributed by atoms with Crippen molar-refractivity contribution >= 4 is 29.7 Å². The third-order valence-corrected chi connectivity index (χ3v) is 2.57. The predicted octanol–water partition coefficient (Wildman–Crippen LogP) is 1.76. The molecule has 6 heteroatoms. The maximum Gasteiger partial charge on any atom is 0.275 e. The molecule has 0 aromatic carbocycles. The van der Waals surface area contributed by atoms with E-state index in [1.54, 1.807) is 6.92 Å². The first kappa shape index (κ1) is 9.88. The van der Waals surface area contributed by atoms with Gasteiger partial charge in [-0.3, -0.25) is 0 Å². The zero-order chi connectivity index (χ0) is 7.33. The van der Waals surface area contributed by atoms with E-state index in [1.165, 1.54) is 7.11 Å². The molecule has 56 valence electrons. The second kappa shape index (κ2) is 4.66. The lowest BCUT2D eigenvalue weighted by molar-refractivity contribution is -0.199. The molecule has 1 unspecified atom stereocenters. The van der Waals surface area contributed by atoms with Crippen LogP contribution in [0.15, 0.2) is 0 Å². The Kier molecular flexibility index (Phi) is 5.11. The van der Waals surface area contributed by atoms with E-state index >= 15 is 0 Å². The van der Waals surface area contributed by atoms with E-state index < -0.39 is 5.69 Å². The minimum atomic E-state index is -2.38. The second-order valence-corrected chi connectivity index (χ2v) is 6.42. The molecule has 0 radical (unpaired) electrons. The van der Waals surface area contributed by atoms with Crippen LogP contribution in [0.4, 0.5) is 0 Å². The Bertz CT molecular complexity index is 118. The third-order valence-electron chi connectivity index (χ3n) is 0.495. The van der Waals surface area contributed by atoms with Crippen molar-refractivity contribution in [2.24, 2.45) is 0 Å². The summed E-state index contributed by atoms with van der Waals surface area (Å²) in [6.45, 7) is 2.24. The number of rotatable bonds is 4. The Morgan fingerprint density at radius 3 is 2.56 bits per heavy atom. The van der Waals surface area contributed by atoms with Crippen molar-refractivity contribution in [1.29, 1.82) is 0 Å². The average Bonchev–Trinajstić information content (AvgIpc) is 1.84. The van der Waals surface area contributed by atoms with E-state index in [9.17, 15) is 0 Å². The Morgan fingerprint density at radius 2 is 2.22 bits per heavy atom. The number of hydrogen-bond donors (Lipinski definition) is 1. The molecule has 3 nitrogen and oxygen atoms in total. The van der Waals surface area contributed by atoms with Gasteiger partial charge in [-0.05, 0) is 18.7 Å². The Labute approximate surface area is 64.9 Å². The van der Waals surface area contributed by atoms with E-state index in [0.717, 1.165) is 0 Å². The first-order chi connectivity index (χ1) is 4.12. The fourth-order valence-corrected chi connectivity index (χ4v) is 0.720. The normalized spacial score (nSPS) is 17.2. The molecule has 0 N–H and O–H groups in total. The lowest BCUT2D eigenvalue weighted by Gasteiger charge is -2.10. The zero-order valence-electron chi connectivity index (χ0n) is 5.23. The predicted molar refractivity (Wildman–Crippen MR) is 43.0 cm³/mol. The molecule has 0 aromatic rings. The lowest BCUT2D eigenvalue weighted by Crippen LogP contribution is -1.88. The van der Waals surface area contributed by atoms with Gasteiger partial charge in [0, 0.05) is 7.11 Å². The van der Waals surface area contributed by atoms with Crippen LogP contribution in [0.25, 0.3) is 0 Å². The van der Waals surface area contributed by atoms with Crippen LogP contribution in [0.5, 0.6) is 0 Å². The highest BCUT2D eigenvalue weighted by atomic mass is 32.9. The quantitative estimate of drug-likeness (QED) is 0.315. The van der Waals surface area contributed by atoms with Crippen LogP contribution in [-0.4, -0.2) is 13.7 Å². The number of thiol groups is 1. The van der Waals surface area contributed by atoms with E-state index in [1.807, 2.05) is 0 Å². The van der Waals surface area contributed by atoms with Crippen molar-refractivity contribution in [3.05, 3.63) is 0 Å². The van der Waals surface area contributed by atoms with E-state index in [0.29, 0.717) is 6.61 Å². The highest BCUT2D eigenvalue weighted by molar-refractivity contribution is 8.60. The van der Waals surface area contributed by atoms with Crippen molar-refractivity contribution in [1.82, 2.24) is 0 Å². The maximum absolute atomic E-state index is 4.72. The molecule has 0 aromatic heterocycles. The maximum atomic E-state index is 4.72. The first-order valence-corrected chi connectivity index (χ1v) is 6.11. The van der Waals surface area contributed by atoms with Crippen molar-refractivity contribution in [2.45, 2.75) is 6.92 Å². The summed E-state index contributed by atoms with van der Waals surface area (Å²) in [6, 6.07) is 0. The van der Waals surface area contributed by atoms with Crippen molar-refractivity contribution in [3.8, 4) is 0 Å². The molecule has 0 aliphatic rings. The highest BCUT2D eigenvalue weighted by Crippen LogP contribution is 2.52. The zero-order valence-corrected chi connectivity index (χ0v) is 7.84. The summed E-state index contributed by atoms with van der Waals surface area (Å²) >= 11 is 8.59. The molecule has 1 atom stereocenters. The second-order valence-electron chi connectivity index (χ2n) is 1.13. The molecule has 0 aliphatic carbocycles. The van der Waals surface area contributed by atoms with Gasteiger partial charge < -0.3 is 4.52 Å². The van der Waals surface area contributed by atoms with Crippen molar-refractivity contribution in [2.75, 3.05) is 13.7 Å². The smallest absolute Gasteiger partial charge is 0.275 e. The molecule has 9 heavy (non-hydrogen) atoms. The van der Waals surface area contributed by atoms with Crippen LogP contribution >= 0.6 is 17.9 Å². The first-order valence-electron chi connectivity index (χ1n) is 2.32. The summed E-state index contributed by atoms with van der Waals surface area (Å²) in [5.41, 5.74) is -2.38. The van der Waals surface area contributed by atoms with Gasteiger partial charge >= 0.3 is 0 Å². The van der Waals surface area contributed by atoms with Gasteiger partial charge in [-0.2, -0.15) is 4.67 Å². The Hall–Kier alpha value is 0.880. The van der Waals surface area contributed by atoms with Gasteiger partial charge in [-0.1, -0.05) is 12.2 Å². The molecule has 0 fully saturated rings. The molecular formula is C3H9O3PS2. The van der Waals surface area contributed by atoms with Crippen LogP contribution in [0.2, 0.25) is 0 Å². The minimum Gasteiger partial charge on any atom is -0.324 e. The van der Waals surface area contributed by atoms with Gasteiger partial charge in [0.1, 0.15) is 0 Å². The molecule has 0 amide bonds. The summed E-state index contributed by atoms with van der Waals surface area (Å²) in [5.74, 6) is 0. The average molecular weight is 188 g/mol. The Balaban J connectivity index is 3.46. The van der Waals surface area contributed by atoms with Gasteiger partial charge in [0.25, 0.3) is 5.69 Å². The molecule has 0 saturated heterocycles. The van der Waals surface area contributed by atoms with Gasteiger partial charge in [0.05, 0.1) is 6.61 Å². The van der Waals surface area contributed by atoms with Crippen molar-refractivity contribution < 1.29 is 14.1 Å². The van der Waals surface area contributed by atoms with E-state index in [4.69, 9.17) is 11.8 Å². The molecule has 0 bridgehead atoms. The van der Waals surface area contributed by atoms with Gasteiger partial charge in [-0.25, -0.2) is 4.89 Å². The van der Waals surface area contributed by atoms with Crippen LogP contribution in [0.1, 0.15) is 6.92 Å².